The molecule has 0 N–H and O–H groups in total. The van der Waals surface area contributed by atoms with Gasteiger partial charge in [-0.3, -0.25) is 0 Å². The Morgan fingerprint density at radius 1 is 1.08 bits per heavy atom. The summed E-state index contributed by atoms with van der Waals surface area (Å²) in [4.78, 5) is 0. The maximum atomic E-state index is 2.50. The Morgan fingerprint density at radius 2 is 1.58 bits per heavy atom. The fraction of sp³-hybridized carbons (Fsp3) is 1.00. The standard InChI is InChI=1S/C12H22/c1-7(2)12(6)9-8(3)11(4,5)10(9)12/h7-10H,1-6H3. The Morgan fingerprint density at radius 3 is 1.75 bits per heavy atom. The lowest BCUT2D eigenvalue weighted by molar-refractivity contribution is 0.0679. The fourth-order valence-electron chi connectivity index (χ4n) is 4.03. The van der Waals surface area contributed by atoms with Crippen LogP contribution >= 0.6 is 0 Å². The van der Waals surface area contributed by atoms with Crippen LogP contribution in [-0.2, 0) is 0 Å². The first kappa shape index (κ1) is 8.59. The molecule has 70 valence electrons. The molecule has 0 amide bonds. The Kier molecular flexibility index (Phi) is 1.37. The summed E-state index contributed by atoms with van der Waals surface area (Å²) in [6.45, 7) is 14.6. The molecule has 2 fully saturated rings. The zero-order valence-electron chi connectivity index (χ0n) is 9.31. The van der Waals surface area contributed by atoms with E-state index in [9.17, 15) is 0 Å². The summed E-state index contributed by atoms with van der Waals surface area (Å²) < 4.78 is 0. The van der Waals surface area contributed by atoms with Crippen LogP contribution in [0.4, 0.5) is 0 Å². The molecular formula is C12H22. The summed E-state index contributed by atoms with van der Waals surface area (Å²) >= 11 is 0. The molecule has 0 spiro atoms. The van der Waals surface area contributed by atoms with Gasteiger partial charge >= 0.3 is 0 Å². The smallest absolute Gasteiger partial charge is 0.0232 e. The minimum atomic E-state index is 0.629. The van der Waals surface area contributed by atoms with Gasteiger partial charge in [-0.2, -0.15) is 0 Å². The van der Waals surface area contributed by atoms with Crippen molar-refractivity contribution in [2.75, 3.05) is 0 Å². The zero-order chi connectivity index (χ0) is 9.31. The molecule has 12 heavy (non-hydrogen) atoms. The lowest BCUT2D eigenvalue weighted by Gasteiger charge is -2.41. The predicted molar refractivity (Wildman–Crippen MR) is 52.9 cm³/mol. The van der Waals surface area contributed by atoms with E-state index in [-0.39, 0.29) is 0 Å². The SMILES string of the molecule is CC1C2C(C1(C)C)C2(C)C(C)C. The third-order valence-corrected chi connectivity index (χ3v) is 5.40. The third-order valence-electron chi connectivity index (χ3n) is 5.40. The lowest BCUT2D eigenvalue weighted by Crippen LogP contribution is -2.35. The monoisotopic (exact) mass is 166 g/mol. The van der Waals surface area contributed by atoms with E-state index in [4.69, 9.17) is 0 Å². The van der Waals surface area contributed by atoms with E-state index in [1.807, 2.05) is 0 Å². The molecule has 2 aliphatic rings. The van der Waals surface area contributed by atoms with Crippen LogP contribution in [0.1, 0.15) is 41.5 Å². The molecule has 0 nitrogen and oxygen atoms in total. The second-order valence-electron chi connectivity index (χ2n) is 6.13. The van der Waals surface area contributed by atoms with Crippen LogP contribution in [0.25, 0.3) is 0 Å². The van der Waals surface area contributed by atoms with Gasteiger partial charge in [0.2, 0.25) is 0 Å². The highest BCUT2D eigenvalue weighted by Gasteiger charge is 2.78. The van der Waals surface area contributed by atoms with Gasteiger partial charge in [0.15, 0.2) is 0 Å². The van der Waals surface area contributed by atoms with Gasteiger partial charge in [0.1, 0.15) is 0 Å². The van der Waals surface area contributed by atoms with E-state index in [2.05, 4.69) is 41.5 Å². The van der Waals surface area contributed by atoms with Crippen LogP contribution in [0.3, 0.4) is 0 Å². The highest BCUT2D eigenvalue weighted by Crippen LogP contribution is 2.83. The molecule has 0 aromatic rings. The van der Waals surface area contributed by atoms with E-state index < -0.39 is 0 Å². The molecule has 0 heterocycles. The van der Waals surface area contributed by atoms with Crippen molar-refractivity contribution in [2.24, 2.45) is 34.5 Å². The fourth-order valence-corrected chi connectivity index (χ4v) is 4.03. The first-order chi connectivity index (χ1) is 5.34. The average Bonchev–Trinajstić information content (AvgIpc) is 2.56. The van der Waals surface area contributed by atoms with E-state index in [0.717, 1.165) is 23.7 Å². The first-order valence-corrected chi connectivity index (χ1v) is 5.34. The van der Waals surface area contributed by atoms with Crippen molar-refractivity contribution in [3.63, 3.8) is 0 Å². The normalized spacial score (nSPS) is 54.8. The lowest BCUT2D eigenvalue weighted by atomic mass is 9.64. The van der Waals surface area contributed by atoms with Crippen LogP contribution in [0.15, 0.2) is 0 Å². The van der Waals surface area contributed by atoms with Crippen LogP contribution < -0.4 is 0 Å². The molecule has 2 saturated carbocycles. The molecule has 2 rings (SSSR count). The molecule has 0 saturated heterocycles. The van der Waals surface area contributed by atoms with E-state index in [0.29, 0.717) is 10.8 Å². The summed E-state index contributed by atoms with van der Waals surface area (Å²) in [5, 5.41) is 0. The Balaban J connectivity index is 2.21. The predicted octanol–water partition coefficient (Wildman–Crippen LogP) is 3.57. The van der Waals surface area contributed by atoms with Crippen LogP contribution in [0.2, 0.25) is 0 Å². The van der Waals surface area contributed by atoms with Crippen LogP contribution in [0.5, 0.6) is 0 Å². The zero-order valence-corrected chi connectivity index (χ0v) is 9.31. The Hall–Kier alpha value is 0. The van der Waals surface area contributed by atoms with E-state index in [1.165, 1.54) is 0 Å². The molecule has 4 atom stereocenters. The quantitative estimate of drug-likeness (QED) is 0.558. The number of rotatable bonds is 1. The van der Waals surface area contributed by atoms with Gasteiger partial charge in [0.05, 0.1) is 0 Å². The molecule has 0 aromatic carbocycles. The molecule has 0 radical (unpaired) electrons. The van der Waals surface area contributed by atoms with Gasteiger partial charge in [-0.05, 0) is 34.5 Å². The molecule has 2 aliphatic carbocycles. The second kappa shape index (κ2) is 1.91. The Bertz CT molecular complexity index is 214. The highest BCUT2D eigenvalue weighted by molar-refractivity contribution is 5.25. The van der Waals surface area contributed by atoms with Crippen molar-refractivity contribution in [2.45, 2.75) is 41.5 Å². The van der Waals surface area contributed by atoms with E-state index in [1.54, 1.807) is 0 Å². The van der Waals surface area contributed by atoms with Gasteiger partial charge in [0.25, 0.3) is 0 Å². The number of hydrogen-bond donors (Lipinski definition) is 0. The highest BCUT2D eigenvalue weighted by atomic mass is 14.8. The van der Waals surface area contributed by atoms with Gasteiger partial charge in [-0.15, -0.1) is 0 Å². The largest absolute Gasteiger partial charge is 0.0622 e. The van der Waals surface area contributed by atoms with Gasteiger partial charge in [-0.25, -0.2) is 0 Å². The maximum Gasteiger partial charge on any atom is -0.0232 e. The molecule has 0 heteroatoms. The summed E-state index contributed by atoms with van der Waals surface area (Å²) in [5.41, 5.74) is 1.31. The van der Waals surface area contributed by atoms with E-state index >= 15 is 0 Å². The number of hydrogen-bond acceptors (Lipinski definition) is 0. The maximum absolute atomic E-state index is 2.50. The minimum Gasteiger partial charge on any atom is -0.0622 e. The Labute approximate surface area is 76.7 Å². The molecule has 0 aromatic heterocycles. The summed E-state index contributed by atoms with van der Waals surface area (Å²) in [6.07, 6.45) is 0. The van der Waals surface area contributed by atoms with Crippen molar-refractivity contribution in [1.82, 2.24) is 0 Å². The molecular weight excluding hydrogens is 144 g/mol. The third kappa shape index (κ3) is 0.625. The van der Waals surface area contributed by atoms with Crippen molar-refractivity contribution in [3.05, 3.63) is 0 Å². The summed E-state index contributed by atoms with van der Waals surface area (Å²) in [6, 6.07) is 0. The van der Waals surface area contributed by atoms with Crippen molar-refractivity contribution in [1.29, 1.82) is 0 Å². The van der Waals surface area contributed by atoms with Crippen molar-refractivity contribution < 1.29 is 0 Å². The topological polar surface area (TPSA) is 0 Å². The average molecular weight is 166 g/mol. The molecule has 0 bridgehead atoms. The number of fused-ring (bicyclic) bond motifs is 1. The van der Waals surface area contributed by atoms with Gasteiger partial charge < -0.3 is 0 Å². The first-order valence-electron chi connectivity index (χ1n) is 5.34. The van der Waals surface area contributed by atoms with Crippen LogP contribution in [-0.4, -0.2) is 0 Å². The summed E-state index contributed by atoms with van der Waals surface area (Å²) in [5.74, 6) is 3.90. The van der Waals surface area contributed by atoms with Crippen molar-refractivity contribution in [3.8, 4) is 0 Å². The second-order valence-corrected chi connectivity index (χ2v) is 6.13. The van der Waals surface area contributed by atoms with Gasteiger partial charge in [-0.1, -0.05) is 41.5 Å². The summed E-state index contributed by atoms with van der Waals surface area (Å²) in [7, 11) is 0. The van der Waals surface area contributed by atoms with Gasteiger partial charge in [0, 0.05) is 0 Å². The molecule has 0 aliphatic heterocycles. The van der Waals surface area contributed by atoms with Crippen LogP contribution in [0, 0.1) is 34.5 Å². The molecule has 4 unspecified atom stereocenters. The minimum absolute atomic E-state index is 0.629. The van der Waals surface area contributed by atoms with Crippen molar-refractivity contribution >= 4 is 0 Å².